The van der Waals surface area contributed by atoms with Gasteiger partial charge in [-0.2, -0.15) is 0 Å². The molecule has 4 atom stereocenters. The lowest BCUT2D eigenvalue weighted by Gasteiger charge is -2.35. The summed E-state index contributed by atoms with van der Waals surface area (Å²) in [5, 5.41) is 0. The third-order valence-corrected chi connectivity index (χ3v) is 4.55. The molecule has 0 saturated heterocycles. The van der Waals surface area contributed by atoms with Crippen molar-refractivity contribution in [2.24, 2.45) is 23.5 Å². The molecule has 0 aliphatic heterocycles. The Bertz CT molecular complexity index is 244. The molecule has 1 saturated carbocycles. The minimum atomic E-state index is 0.350. The normalized spacial score (nSPS) is 42.5. The smallest absolute Gasteiger partial charge is 0.0226 e. The Kier molecular flexibility index (Phi) is 3.50. The zero-order valence-electron chi connectivity index (χ0n) is 10.2. The van der Waals surface area contributed by atoms with E-state index in [0.29, 0.717) is 6.04 Å². The van der Waals surface area contributed by atoms with Gasteiger partial charge in [0.2, 0.25) is 0 Å². The number of allylic oxidation sites excluding steroid dienone is 1. The van der Waals surface area contributed by atoms with E-state index in [4.69, 9.17) is 5.73 Å². The lowest BCUT2D eigenvalue weighted by Crippen LogP contribution is -2.26. The first-order chi connectivity index (χ1) is 7.16. The third-order valence-electron chi connectivity index (χ3n) is 4.55. The number of rotatable bonds is 1. The molecule has 0 spiro atoms. The number of nitrogens with two attached hydrogens (primary N) is 1. The van der Waals surface area contributed by atoms with Crippen LogP contribution < -0.4 is 5.73 Å². The Hall–Kier alpha value is -0.300. The maximum absolute atomic E-state index is 6.02. The molecule has 2 aliphatic rings. The molecule has 2 rings (SSSR count). The van der Waals surface area contributed by atoms with Gasteiger partial charge in [0.15, 0.2) is 0 Å². The maximum Gasteiger partial charge on any atom is 0.0226 e. The van der Waals surface area contributed by atoms with Gasteiger partial charge in [-0.1, -0.05) is 25.5 Å². The predicted octanol–water partition coefficient (Wildman–Crippen LogP) is 3.50. The molecule has 0 aromatic rings. The number of hydrogen-bond donors (Lipinski definition) is 1. The van der Waals surface area contributed by atoms with Crippen LogP contribution in [0.15, 0.2) is 11.6 Å². The lowest BCUT2D eigenvalue weighted by atomic mass is 9.71. The fourth-order valence-electron chi connectivity index (χ4n) is 3.21. The minimum Gasteiger partial charge on any atom is -0.324 e. The molecular weight excluding hydrogens is 182 g/mol. The van der Waals surface area contributed by atoms with Crippen molar-refractivity contribution < 1.29 is 0 Å². The molecule has 0 amide bonds. The van der Waals surface area contributed by atoms with Gasteiger partial charge in [0, 0.05) is 6.04 Å². The summed E-state index contributed by atoms with van der Waals surface area (Å²) in [6, 6.07) is 0.350. The topological polar surface area (TPSA) is 26.0 Å². The largest absolute Gasteiger partial charge is 0.324 e. The summed E-state index contributed by atoms with van der Waals surface area (Å²) in [6.07, 6.45) is 10.4. The van der Waals surface area contributed by atoms with Crippen LogP contribution in [0.2, 0.25) is 0 Å². The van der Waals surface area contributed by atoms with Crippen LogP contribution in [0.25, 0.3) is 0 Å². The van der Waals surface area contributed by atoms with Gasteiger partial charge in [-0.05, 0) is 56.3 Å². The van der Waals surface area contributed by atoms with Crippen LogP contribution in [0.4, 0.5) is 0 Å². The van der Waals surface area contributed by atoms with E-state index in [1.807, 2.05) is 0 Å². The molecule has 1 fully saturated rings. The Morgan fingerprint density at radius 3 is 2.60 bits per heavy atom. The Morgan fingerprint density at radius 1 is 1.13 bits per heavy atom. The highest BCUT2D eigenvalue weighted by atomic mass is 14.6. The third kappa shape index (κ3) is 2.63. The van der Waals surface area contributed by atoms with Crippen LogP contribution in [0.5, 0.6) is 0 Å². The average molecular weight is 207 g/mol. The van der Waals surface area contributed by atoms with Crippen molar-refractivity contribution in [3.8, 4) is 0 Å². The highest BCUT2D eigenvalue weighted by molar-refractivity contribution is 5.14. The molecule has 0 aromatic carbocycles. The molecule has 0 radical (unpaired) electrons. The molecule has 2 aliphatic carbocycles. The first kappa shape index (κ1) is 11.2. The van der Waals surface area contributed by atoms with Crippen LogP contribution in [0.3, 0.4) is 0 Å². The summed E-state index contributed by atoms with van der Waals surface area (Å²) >= 11 is 0. The molecule has 0 aromatic heterocycles. The Morgan fingerprint density at radius 2 is 1.93 bits per heavy atom. The second kappa shape index (κ2) is 4.69. The van der Waals surface area contributed by atoms with Crippen molar-refractivity contribution >= 4 is 0 Å². The first-order valence-corrected chi connectivity index (χ1v) is 6.63. The Labute approximate surface area is 94.1 Å². The average Bonchev–Trinajstić information content (AvgIpc) is 2.22. The van der Waals surface area contributed by atoms with E-state index in [-0.39, 0.29) is 0 Å². The van der Waals surface area contributed by atoms with E-state index < -0.39 is 0 Å². The summed E-state index contributed by atoms with van der Waals surface area (Å²) in [5.41, 5.74) is 7.70. The maximum atomic E-state index is 6.02. The van der Waals surface area contributed by atoms with Gasteiger partial charge >= 0.3 is 0 Å². The standard InChI is InChI=1S/C14H25N/c1-10-6-7-13(8-11(10)2)12-4-3-5-14(15)9-12/h9-11,13-14H,3-8,15H2,1-2H3. The van der Waals surface area contributed by atoms with Gasteiger partial charge < -0.3 is 5.73 Å². The van der Waals surface area contributed by atoms with Crippen molar-refractivity contribution in [3.63, 3.8) is 0 Å². The van der Waals surface area contributed by atoms with Gasteiger partial charge in [-0.15, -0.1) is 0 Å². The van der Waals surface area contributed by atoms with E-state index in [1.165, 1.54) is 38.5 Å². The highest BCUT2D eigenvalue weighted by Gasteiger charge is 2.27. The van der Waals surface area contributed by atoms with Crippen LogP contribution in [-0.2, 0) is 0 Å². The van der Waals surface area contributed by atoms with Gasteiger partial charge in [0.25, 0.3) is 0 Å². The molecule has 15 heavy (non-hydrogen) atoms. The highest BCUT2D eigenvalue weighted by Crippen LogP contribution is 2.39. The molecule has 1 heteroatoms. The van der Waals surface area contributed by atoms with E-state index >= 15 is 0 Å². The zero-order valence-corrected chi connectivity index (χ0v) is 10.2. The summed E-state index contributed by atoms with van der Waals surface area (Å²) in [5.74, 6) is 2.70. The summed E-state index contributed by atoms with van der Waals surface area (Å²) in [6.45, 7) is 4.82. The second-order valence-electron chi connectivity index (χ2n) is 5.76. The molecule has 0 heterocycles. The van der Waals surface area contributed by atoms with E-state index in [0.717, 1.165) is 17.8 Å². The predicted molar refractivity (Wildman–Crippen MR) is 65.6 cm³/mol. The summed E-state index contributed by atoms with van der Waals surface area (Å²) < 4.78 is 0. The molecule has 0 bridgehead atoms. The second-order valence-corrected chi connectivity index (χ2v) is 5.76. The van der Waals surface area contributed by atoms with Gasteiger partial charge in [-0.25, -0.2) is 0 Å². The summed E-state index contributed by atoms with van der Waals surface area (Å²) in [4.78, 5) is 0. The van der Waals surface area contributed by atoms with Crippen molar-refractivity contribution in [1.29, 1.82) is 0 Å². The number of hydrogen-bond acceptors (Lipinski definition) is 1. The molecule has 86 valence electrons. The van der Waals surface area contributed by atoms with Gasteiger partial charge in [0.05, 0.1) is 0 Å². The SMILES string of the molecule is CC1CCC(C2=CC(N)CCC2)CC1C. The van der Waals surface area contributed by atoms with Crippen molar-refractivity contribution in [3.05, 3.63) is 11.6 Å². The fraction of sp³-hybridized carbons (Fsp3) is 0.857. The minimum absolute atomic E-state index is 0.350. The van der Waals surface area contributed by atoms with Crippen molar-refractivity contribution in [2.45, 2.75) is 58.4 Å². The Balaban J connectivity index is 1.99. The fourth-order valence-corrected chi connectivity index (χ4v) is 3.21. The lowest BCUT2D eigenvalue weighted by molar-refractivity contribution is 0.225. The zero-order chi connectivity index (χ0) is 10.8. The molecule has 2 N–H and O–H groups in total. The van der Waals surface area contributed by atoms with Crippen LogP contribution >= 0.6 is 0 Å². The molecule has 4 unspecified atom stereocenters. The van der Waals surface area contributed by atoms with Crippen LogP contribution in [0.1, 0.15) is 52.4 Å². The van der Waals surface area contributed by atoms with E-state index in [1.54, 1.807) is 5.57 Å². The molecule has 1 nitrogen and oxygen atoms in total. The summed E-state index contributed by atoms with van der Waals surface area (Å²) in [7, 11) is 0. The van der Waals surface area contributed by atoms with Gasteiger partial charge in [-0.3, -0.25) is 0 Å². The van der Waals surface area contributed by atoms with E-state index in [9.17, 15) is 0 Å². The molecular formula is C14H25N. The monoisotopic (exact) mass is 207 g/mol. The van der Waals surface area contributed by atoms with E-state index in [2.05, 4.69) is 19.9 Å². The first-order valence-electron chi connectivity index (χ1n) is 6.63. The van der Waals surface area contributed by atoms with Crippen LogP contribution in [-0.4, -0.2) is 6.04 Å². The van der Waals surface area contributed by atoms with Crippen LogP contribution in [0, 0.1) is 17.8 Å². The quantitative estimate of drug-likeness (QED) is 0.654. The van der Waals surface area contributed by atoms with Gasteiger partial charge in [0.1, 0.15) is 0 Å². The van der Waals surface area contributed by atoms with Crippen molar-refractivity contribution in [2.75, 3.05) is 0 Å². The van der Waals surface area contributed by atoms with Crippen molar-refractivity contribution in [1.82, 2.24) is 0 Å².